The molecule has 1 rings (SSSR count). The molecule has 0 amide bonds. The van der Waals surface area contributed by atoms with Crippen molar-refractivity contribution in [1.82, 2.24) is 0 Å². The van der Waals surface area contributed by atoms with Gasteiger partial charge < -0.3 is 4.74 Å². The van der Waals surface area contributed by atoms with Crippen molar-refractivity contribution in [2.45, 2.75) is 31.6 Å². The average Bonchev–Trinajstić information content (AvgIpc) is 2.36. The van der Waals surface area contributed by atoms with E-state index in [-0.39, 0.29) is 5.97 Å². The first-order valence-electron chi connectivity index (χ1n) is 5.88. The van der Waals surface area contributed by atoms with Crippen LogP contribution in [0, 0.1) is 0 Å². The summed E-state index contributed by atoms with van der Waals surface area (Å²) in [6, 6.07) is 9.87. The lowest BCUT2D eigenvalue weighted by Crippen LogP contribution is -2.05. The topological polar surface area (TPSA) is 26.3 Å². The Morgan fingerprint density at radius 1 is 1.29 bits per heavy atom. The van der Waals surface area contributed by atoms with Crippen LogP contribution in [-0.4, -0.2) is 12.6 Å². The number of ether oxygens (including phenoxy) is 1. The number of carbonyl (C=O) groups is 1. The molecule has 0 aromatic heterocycles. The van der Waals surface area contributed by atoms with Crippen molar-refractivity contribution in [3.05, 3.63) is 41.3 Å². The van der Waals surface area contributed by atoms with Gasteiger partial charge in [0.2, 0.25) is 0 Å². The number of hydrogen-bond donors (Lipinski definition) is 0. The Balaban J connectivity index is 2.74. The van der Waals surface area contributed by atoms with E-state index in [9.17, 15) is 4.79 Å². The maximum atomic E-state index is 11.7. The standard InChI is InChI=1S/C14H18O2S/c1-3-5-11-13(14(15)16-4-2)17-12-9-7-6-8-10-12/h6-11H,3-5H2,1-2H3. The molecule has 0 saturated heterocycles. The van der Waals surface area contributed by atoms with Crippen molar-refractivity contribution in [3.8, 4) is 0 Å². The second kappa shape index (κ2) is 7.96. The van der Waals surface area contributed by atoms with Crippen LogP contribution in [-0.2, 0) is 9.53 Å². The average molecular weight is 250 g/mol. The van der Waals surface area contributed by atoms with Crippen LogP contribution in [0.25, 0.3) is 0 Å². The third-order valence-electron chi connectivity index (χ3n) is 2.07. The van der Waals surface area contributed by atoms with Gasteiger partial charge in [0.25, 0.3) is 0 Å². The smallest absolute Gasteiger partial charge is 0.344 e. The summed E-state index contributed by atoms with van der Waals surface area (Å²) in [6.07, 6.45) is 3.88. The number of thioether (sulfide) groups is 1. The molecule has 0 aliphatic heterocycles. The van der Waals surface area contributed by atoms with E-state index in [1.165, 1.54) is 11.8 Å². The minimum atomic E-state index is -0.227. The highest BCUT2D eigenvalue weighted by atomic mass is 32.2. The van der Waals surface area contributed by atoms with Gasteiger partial charge in [0.1, 0.15) is 0 Å². The van der Waals surface area contributed by atoms with E-state index in [1.807, 2.05) is 43.3 Å². The molecule has 17 heavy (non-hydrogen) atoms. The molecule has 0 bridgehead atoms. The van der Waals surface area contributed by atoms with Gasteiger partial charge in [-0.2, -0.15) is 0 Å². The van der Waals surface area contributed by atoms with E-state index < -0.39 is 0 Å². The number of unbranched alkanes of at least 4 members (excludes halogenated alkanes) is 1. The van der Waals surface area contributed by atoms with Crippen molar-refractivity contribution in [2.75, 3.05) is 6.61 Å². The van der Waals surface area contributed by atoms with E-state index >= 15 is 0 Å². The molecule has 0 aliphatic rings. The molecule has 0 fully saturated rings. The first kappa shape index (κ1) is 13.8. The Bertz CT molecular complexity index is 371. The van der Waals surface area contributed by atoms with Crippen molar-refractivity contribution >= 4 is 17.7 Å². The molecule has 2 nitrogen and oxygen atoms in total. The van der Waals surface area contributed by atoms with E-state index in [0.29, 0.717) is 11.5 Å². The Labute approximate surface area is 107 Å². The first-order valence-corrected chi connectivity index (χ1v) is 6.69. The predicted octanol–water partition coefficient (Wildman–Crippen LogP) is 4.03. The fourth-order valence-electron chi connectivity index (χ4n) is 1.26. The van der Waals surface area contributed by atoms with Gasteiger partial charge >= 0.3 is 5.97 Å². The molecule has 0 atom stereocenters. The quantitative estimate of drug-likeness (QED) is 0.433. The second-order valence-corrected chi connectivity index (χ2v) is 4.61. The molecular formula is C14H18O2S. The summed E-state index contributed by atoms with van der Waals surface area (Å²) in [5, 5.41) is 0. The Kier molecular flexibility index (Phi) is 6.48. The predicted molar refractivity (Wildman–Crippen MR) is 71.9 cm³/mol. The van der Waals surface area contributed by atoms with Gasteiger partial charge in [0.15, 0.2) is 0 Å². The normalized spacial score (nSPS) is 11.3. The van der Waals surface area contributed by atoms with Gasteiger partial charge in [-0.1, -0.05) is 49.4 Å². The molecular weight excluding hydrogens is 232 g/mol. The zero-order valence-corrected chi connectivity index (χ0v) is 11.1. The fraction of sp³-hybridized carbons (Fsp3) is 0.357. The summed E-state index contributed by atoms with van der Waals surface area (Å²) >= 11 is 1.46. The van der Waals surface area contributed by atoms with Gasteiger partial charge in [-0.3, -0.25) is 0 Å². The number of allylic oxidation sites excluding steroid dienone is 1. The lowest BCUT2D eigenvalue weighted by molar-refractivity contribution is -0.137. The zero-order chi connectivity index (χ0) is 12.5. The van der Waals surface area contributed by atoms with Gasteiger partial charge in [-0.15, -0.1) is 0 Å². The lowest BCUT2D eigenvalue weighted by Gasteiger charge is -2.06. The van der Waals surface area contributed by atoms with Gasteiger partial charge in [-0.05, 0) is 25.5 Å². The van der Waals surface area contributed by atoms with E-state index in [1.54, 1.807) is 0 Å². The molecule has 1 aromatic rings. The summed E-state index contributed by atoms with van der Waals surface area (Å²) in [5.74, 6) is -0.227. The molecule has 0 aliphatic carbocycles. The SMILES string of the molecule is CCCC=C(Sc1ccccc1)C(=O)OCC. The van der Waals surface area contributed by atoms with Crippen molar-refractivity contribution in [2.24, 2.45) is 0 Å². The summed E-state index contributed by atoms with van der Waals surface area (Å²) in [4.78, 5) is 13.5. The number of hydrogen-bond acceptors (Lipinski definition) is 3. The summed E-state index contributed by atoms with van der Waals surface area (Å²) in [6.45, 7) is 4.33. The molecule has 0 heterocycles. The highest BCUT2D eigenvalue weighted by Gasteiger charge is 2.11. The van der Waals surface area contributed by atoms with E-state index in [2.05, 4.69) is 6.92 Å². The molecule has 0 spiro atoms. The Morgan fingerprint density at radius 2 is 2.00 bits per heavy atom. The van der Waals surface area contributed by atoms with Crippen LogP contribution in [0.2, 0.25) is 0 Å². The Hall–Kier alpha value is -1.22. The molecule has 3 heteroatoms. The first-order chi connectivity index (χ1) is 8.27. The highest BCUT2D eigenvalue weighted by Crippen LogP contribution is 2.27. The largest absolute Gasteiger partial charge is 0.462 e. The number of rotatable bonds is 6. The Morgan fingerprint density at radius 3 is 2.59 bits per heavy atom. The van der Waals surface area contributed by atoms with Crippen LogP contribution < -0.4 is 0 Å². The molecule has 0 N–H and O–H groups in total. The lowest BCUT2D eigenvalue weighted by atomic mass is 10.3. The maximum Gasteiger partial charge on any atom is 0.344 e. The molecule has 0 saturated carbocycles. The molecule has 0 radical (unpaired) electrons. The summed E-state index contributed by atoms with van der Waals surface area (Å²) < 4.78 is 5.05. The van der Waals surface area contributed by atoms with Gasteiger partial charge in [-0.25, -0.2) is 4.79 Å². The monoisotopic (exact) mass is 250 g/mol. The highest BCUT2D eigenvalue weighted by molar-refractivity contribution is 8.04. The van der Waals surface area contributed by atoms with E-state index in [4.69, 9.17) is 4.74 Å². The van der Waals surface area contributed by atoms with Gasteiger partial charge in [0, 0.05) is 4.90 Å². The minimum absolute atomic E-state index is 0.227. The van der Waals surface area contributed by atoms with Crippen LogP contribution in [0.1, 0.15) is 26.7 Å². The summed E-state index contributed by atoms with van der Waals surface area (Å²) in [5.41, 5.74) is 0. The van der Waals surface area contributed by atoms with Crippen molar-refractivity contribution < 1.29 is 9.53 Å². The third kappa shape index (κ3) is 5.09. The van der Waals surface area contributed by atoms with Crippen LogP contribution in [0.3, 0.4) is 0 Å². The molecule has 0 unspecified atom stereocenters. The molecule has 92 valence electrons. The molecule has 1 aromatic carbocycles. The minimum Gasteiger partial charge on any atom is -0.462 e. The van der Waals surface area contributed by atoms with Crippen LogP contribution >= 0.6 is 11.8 Å². The van der Waals surface area contributed by atoms with Crippen LogP contribution in [0.5, 0.6) is 0 Å². The van der Waals surface area contributed by atoms with Gasteiger partial charge in [0.05, 0.1) is 11.5 Å². The number of carbonyl (C=O) groups excluding carboxylic acids is 1. The van der Waals surface area contributed by atoms with Crippen molar-refractivity contribution in [1.29, 1.82) is 0 Å². The van der Waals surface area contributed by atoms with Crippen LogP contribution in [0.4, 0.5) is 0 Å². The number of esters is 1. The fourth-order valence-corrected chi connectivity index (χ4v) is 2.15. The van der Waals surface area contributed by atoms with Crippen LogP contribution in [0.15, 0.2) is 46.2 Å². The third-order valence-corrected chi connectivity index (χ3v) is 3.13. The number of benzene rings is 1. The second-order valence-electron chi connectivity index (χ2n) is 3.49. The van der Waals surface area contributed by atoms with E-state index in [0.717, 1.165) is 17.7 Å². The zero-order valence-electron chi connectivity index (χ0n) is 10.3. The van der Waals surface area contributed by atoms with Crippen molar-refractivity contribution in [3.63, 3.8) is 0 Å². The summed E-state index contributed by atoms with van der Waals surface area (Å²) in [7, 11) is 0. The maximum absolute atomic E-state index is 11.7.